The molecule has 0 amide bonds. The number of thiophene rings is 1. The second-order valence-corrected chi connectivity index (χ2v) is 11.4. The highest BCUT2D eigenvalue weighted by atomic mass is 35.5. The number of nitrogens with one attached hydrogen (secondary N) is 1. The Morgan fingerprint density at radius 1 is 1.07 bits per heavy atom. The van der Waals surface area contributed by atoms with E-state index in [1.165, 1.54) is 11.3 Å². The molecule has 0 aliphatic carbocycles. The molecule has 1 fully saturated rings. The fourth-order valence-corrected chi connectivity index (χ4v) is 7.38. The third-order valence-electron chi connectivity index (χ3n) is 5.70. The number of aromatic nitrogens is 2. The van der Waals surface area contributed by atoms with E-state index >= 15 is 0 Å². The van der Waals surface area contributed by atoms with Gasteiger partial charge in [0, 0.05) is 57.9 Å². The molecule has 2 aromatic heterocycles. The molecule has 3 heterocycles. The maximum atomic E-state index is 13.7. The summed E-state index contributed by atoms with van der Waals surface area (Å²) in [6.07, 6.45) is 0. The molecule has 9 heteroatoms. The number of aromatic amines is 1. The Balaban J connectivity index is 1.65. The van der Waals surface area contributed by atoms with Gasteiger partial charge in [-0.05, 0) is 51.5 Å². The molecule has 30 heavy (non-hydrogen) atoms. The fraction of sp³-hybridized carbons (Fsp3) is 0.381. The van der Waals surface area contributed by atoms with Crippen molar-refractivity contribution >= 4 is 38.6 Å². The van der Waals surface area contributed by atoms with E-state index in [1.807, 2.05) is 52.0 Å². The Labute approximate surface area is 186 Å². The zero-order chi connectivity index (χ0) is 21.6. The molecule has 1 aromatic carbocycles. The molecule has 0 unspecified atom stereocenters. The van der Waals surface area contributed by atoms with Gasteiger partial charge in [0.2, 0.25) is 10.0 Å². The third kappa shape index (κ3) is 3.66. The van der Waals surface area contributed by atoms with Gasteiger partial charge in [-0.25, -0.2) is 8.42 Å². The van der Waals surface area contributed by atoms with Crippen molar-refractivity contribution in [3.05, 3.63) is 50.3 Å². The Morgan fingerprint density at radius 2 is 1.77 bits per heavy atom. The van der Waals surface area contributed by atoms with Crippen molar-refractivity contribution in [2.45, 2.75) is 32.6 Å². The Hall–Kier alpha value is -1.87. The van der Waals surface area contributed by atoms with Gasteiger partial charge in [-0.2, -0.15) is 9.40 Å². The molecular formula is C21H25ClN4O2S2. The highest BCUT2D eigenvalue weighted by Crippen LogP contribution is 2.41. The summed E-state index contributed by atoms with van der Waals surface area (Å²) in [5, 5.41) is 8.09. The van der Waals surface area contributed by atoms with E-state index in [0.717, 1.165) is 38.0 Å². The van der Waals surface area contributed by atoms with Crippen molar-refractivity contribution < 1.29 is 8.42 Å². The standard InChI is InChI=1S/C21H25ClN4O2S2/c1-13-14(2)23-24-20(13)19-15(3)29-16(4)21(19)30(27,28)26-10-8-25(9-11-26)18-7-5-6-17(22)12-18/h5-7,12H,8-11H2,1-4H3,(H,23,24). The van der Waals surface area contributed by atoms with E-state index in [0.29, 0.717) is 36.1 Å². The fourth-order valence-electron chi connectivity index (χ4n) is 3.96. The van der Waals surface area contributed by atoms with Gasteiger partial charge in [0.1, 0.15) is 4.90 Å². The number of hydrogen-bond donors (Lipinski definition) is 1. The van der Waals surface area contributed by atoms with Gasteiger partial charge in [0.05, 0.1) is 5.69 Å². The van der Waals surface area contributed by atoms with E-state index in [9.17, 15) is 8.42 Å². The molecular weight excluding hydrogens is 440 g/mol. The van der Waals surface area contributed by atoms with E-state index in [1.54, 1.807) is 4.31 Å². The summed E-state index contributed by atoms with van der Waals surface area (Å²) in [6, 6.07) is 7.68. The van der Waals surface area contributed by atoms with Crippen LogP contribution in [0.2, 0.25) is 5.02 Å². The van der Waals surface area contributed by atoms with Gasteiger partial charge < -0.3 is 4.90 Å². The average molecular weight is 465 g/mol. The number of anilines is 1. The van der Waals surface area contributed by atoms with Crippen molar-refractivity contribution in [2.24, 2.45) is 0 Å². The van der Waals surface area contributed by atoms with Crippen LogP contribution in [-0.4, -0.2) is 49.1 Å². The quantitative estimate of drug-likeness (QED) is 0.615. The maximum Gasteiger partial charge on any atom is 0.244 e. The van der Waals surface area contributed by atoms with Crippen molar-refractivity contribution in [1.29, 1.82) is 0 Å². The summed E-state index contributed by atoms with van der Waals surface area (Å²) in [6.45, 7) is 9.87. The molecule has 0 radical (unpaired) electrons. The lowest BCUT2D eigenvalue weighted by Gasteiger charge is -2.35. The van der Waals surface area contributed by atoms with Crippen LogP contribution in [0.5, 0.6) is 0 Å². The summed E-state index contributed by atoms with van der Waals surface area (Å²) in [5.41, 5.74) is 4.41. The highest BCUT2D eigenvalue weighted by Gasteiger charge is 2.35. The van der Waals surface area contributed by atoms with E-state index < -0.39 is 10.0 Å². The molecule has 160 valence electrons. The number of nitrogens with zero attached hydrogens (tertiary/aromatic N) is 3. The Morgan fingerprint density at radius 3 is 2.37 bits per heavy atom. The van der Waals surface area contributed by atoms with Gasteiger partial charge in [-0.15, -0.1) is 11.3 Å². The smallest absolute Gasteiger partial charge is 0.244 e. The SMILES string of the molecule is Cc1[nH]nc(-c2c(C)sc(C)c2S(=O)(=O)N2CCN(c3cccc(Cl)c3)CC2)c1C. The van der Waals surface area contributed by atoms with Crippen LogP contribution in [0, 0.1) is 27.7 Å². The topological polar surface area (TPSA) is 69.3 Å². The molecule has 1 aliphatic rings. The van der Waals surface area contributed by atoms with Crippen molar-refractivity contribution in [1.82, 2.24) is 14.5 Å². The number of rotatable bonds is 4. The van der Waals surface area contributed by atoms with Crippen LogP contribution in [-0.2, 0) is 10.0 Å². The van der Waals surface area contributed by atoms with Gasteiger partial charge in [0.25, 0.3) is 0 Å². The molecule has 3 aromatic rings. The van der Waals surface area contributed by atoms with E-state index in [4.69, 9.17) is 11.6 Å². The zero-order valence-electron chi connectivity index (χ0n) is 17.5. The lowest BCUT2D eigenvalue weighted by atomic mass is 10.1. The zero-order valence-corrected chi connectivity index (χ0v) is 19.9. The van der Waals surface area contributed by atoms with E-state index in [-0.39, 0.29) is 0 Å². The van der Waals surface area contributed by atoms with Crippen LogP contribution in [0.1, 0.15) is 21.0 Å². The Bertz CT molecular complexity index is 1190. The molecule has 4 rings (SSSR count). The summed E-state index contributed by atoms with van der Waals surface area (Å²) >= 11 is 7.63. The minimum absolute atomic E-state index is 0.399. The third-order valence-corrected chi connectivity index (χ3v) is 9.16. The number of sulfonamides is 1. The van der Waals surface area contributed by atoms with Crippen LogP contribution in [0.25, 0.3) is 11.3 Å². The van der Waals surface area contributed by atoms with Crippen LogP contribution >= 0.6 is 22.9 Å². The van der Waals surface area contributed by atoms with Gasteiger partial charge in [0.15, 0.2) is 0 Å². The first kappa shape index (κ1) is 21.4. The highest BCUT2D eigenvalue weighted by molar-refractivity contribution is 7.89. The first-order chi connectivity index (χ1) is 14.2. The number of aryl methyl sites for hydroxylation is 3. The minimum Gasteiger partial charge on any atom is -0.369 e. The first-order valence-electron chi connectivity index (χ1n) is 9.82. The van der Waals surface area contributed by atoms with Crippen molar-refractivity contribution in [3.63, 3.8) is 0 Å². The molecule has 1 N–H and O–H groups in total. The second kappa shape index (κ2) is 8.00. The summed E-state index contributed by atoms with van der Waals surface area (Å²) < 4.78 is 29.0. The van der Waals surface area contributed by atoms with E-state index in [2.05, 4.69) is 15.1 Å². The molecule has 1 saturated heterocycles. The number of H-pyrrole nitrogens is 1. The number of halogens is 1. The summed E-state index contributed by atoms with van der Waals surface area (Å²) in [5.74, 6) is 0. The van der Waals surface area contributed by atoms with Crippen LogP contribution in [0.15, 0.2) is 29.2 Å². The van der Waals surface area contributed by atoms with Gasteiger partial charge in [-0.1, -0.05) is 17.7 Å². The summed E-state index contributed by atoms with van der Waals surface area (Å²) in [7, 11) is -3.63. The first-order valence-corrected chi connectivity index (χ1v) is 12.5. The normalized spacial score (nSPS) is 15.7. The molecule has 6 nitrogen and oxygen atoms in total. The average Bonchev–Trinajstić information content (AvgIpc) is 3.20. The molecule has 0 bridgehead atoms. The van der Waals surface area contributed by atoms with Crippen LogP contribution in [0.3, 0.4) is 0 Å². The molecule has 0 saturated carbocycles. The van der Waals surface area contributed by atoms with Crippen LogP contribution < -0.4 is 4.90 Å². The lowest BCUT2D eigenvalue weighted by Crippen LogP contribution is -2.48. The summed E-state index contributed by atoms with van der Waals surface area (Å²) in [4.78, 5) is 4.35. The minimum atomic E-state index is -3.63. The number of hydrogen-bond acceptors (Lipinski definition) is 5. The predicted molar refractivity (Wildman–Crippen MR) is 123 cm³/mol. The van der Waals surface area contributed by atoms with Crippen LogP contribution in [0.4, 0.5) is 5.69 Å². The maximum absolute atomic E-state index is 13.7. The van der Waals surface area contributed by atoms with Crippen molar-refractivity contribution in [3.8, 4) is 11.3 Å². The van der Waals surface area contributed by atoms with Gasteiger partial charge in [-0.3, -0.25) is 5.10 Å². The van der Waals surface area contributed by atoms with Crippen molar-refractivity contribution in [2.75, 3.05) is 31.1 Å². The lowest BCUT2D eigenvalue weighted by molar-refractivity contribution is 0.385. The monoisotopic (exact) mass is 464 g/mol. The number of piperazine rings is 1. The Kier molecular flexibility index (Phi) is 5.69. The second-order valence-electron chi connectivity index (χ2n) is 7.61. The number of benzene rings is 1. The van der Waals surface area contributed by atoms with Gasteiger partial charge >= 0.3 is 0 Å². The molecule has 1 aliphatic heterocycles. The largest absolute Gasteiger partial charge is 0.369 e. The molecule has 0 atom stereocenters. The predicted octanol–water partition coefficient (Wildman–Crippen LogP) is 4.54. The molecule has 0 spiro atoms.